The van der Waals surface area contributed by atoms with Crippen LogP contribution in [0.2, 0.25) is 18.1 Å². The van der Waals surface area contributed by atoms with Crippen molar-refractivity contribution in [3.63, 3.8) is 0 Å². The molecule has 0 N–H and O–H groups in total. The van der Waals surface area contributed by atoms with Crippen molar-refractivity contribution in [3.05, 3.63) is 52.8 Å². The zero-order valence-electron chi connectivity index (χ0n) is 20.7. The van der Waals surface area contributed by atoms with Gasteiger partial charge in [0.2, 0.25) is 8.32 Å². The lowest BCUT2D eigenvalue weighted by molar-refractivity contribution is 0.0842. The predicted octanol–water partition coefficient (Wildman–Crippen LogP) is 7.34. The third-order valence-electron chi connectivity index (χ3n) is 7.97. The van der Waals surface area contributed by atoms with Gasteiger partial charge in [0.15, 0.2) is 5.78 Å². The van der Waals surface area contributed by atoms with Crippen LogP contribution in [0.5, 0.6) is 5.75 Å². The third-order valence-corrected chi connectivity index (χ3v) is 12.3. The molecule has 3 nitrogen and oxygen atoms in total. The number of benzene rings is 1. The molecule has 1 aromatic carbocycles. The topological polar surface area (TPSA) is 35.5 Å². The summed E-state index contributed by atoms with van der Waals surface area (Å²) in [6, 6.07) is 5.88. The highest BCUT2D eigenvalue weighted by Crippen LogP contribution is 2.47. The van der Waals surface area contributed by atoms with Crippen molar-refractivity contribution in [1.29, 1.82) is 0 Å². The monoisotopic (exact) mass is 440 g/mol. The molecule has 0 unspecified atom stereocenters. The lowest BCUT2D eigenvalue weighted by Crippen LogP contribution is -2.42. The van der Waals surface area contributed by atoms with Crippen LogP contribution < -0.4 is 4.74 Å². The molecule has 3 rings (SSSR count). The Balaban J connectivity index is 1.96. The Morgan fingerprint density at radius 1 is 1.19 bits per heavy atom. The molecule has 170 valence electrons. The number of hydrogen-bond acceptors (Lipinski definition) is 3. The number of ether oxygens (including phenoxy) is 1. The van der Waals surface area contributed by atoms with Crippen molar-refractivity contribution in [2.75, 3.05) is 7.11 Å². The summed E-state index contributed by atoms with van der Waals surface area (Å²) in [6.45, 7) is 20.1. The molecule has 2 aliphatic rings. The number of aryl methyl sites for hydroxylation is 1. The van der Waals surface area contributed by atoms with Crippen molar-refractivity contribution >= 4 is 14.1 Å². The predicted molar refractivity (Wildman–Crippen MR) is 131 cm³/mol. The van der Waals surface area contributed by atoms with Gasteiger partial charge in [-0.15, -0.1) is 0 Å². The van der Waals surface area contributed by atoms with Gasteiger partial charge in [-0.2, -0.15) is 0 Å². The fourth-order valence-electron chi connectivity index (χ4n) is 4.75. The van der Waals surface area contributed by atoms with E-state index in [-0.39, 0.29) is 22.7 Å². The molecule has 0 heterocycles. The first kappa shape index (κ1) is 23.8. The van der Waals surface area contributed by atoms with E-state index in [1.165, 1.54) is 11.1 Å². The number of allylic oxidation sites excluding steroid dienone is 3. The van der Waals surface area contributed by atoms with Gasteiger partial charge in [0.05, 0.1) is 12.9 Å². The lowest BCUT2D eigenvalue weighted by atomic mass is 9.67. The van der Waals surface area contributed by atoms with Crippen molar-refractivity contribution in [2.24, 2.45) is 17.8 Å². The van der Waals surface area contributed by atoms with Gasteiger partial charge in [-0.05, 0) is 92.4 Å². The van der Waals surface area contributed by atoms with Crippen molar-refractivity contribution in [2.45, 2.75) is 78.4 Å². The van der Waals surface area contributed by atoms with E-state index in [1.54, 1.807) is 7.11 Å². The van der Waals surface area contributed by atoms with Gasteiger partial charge >= 0.3 is 0 Å². The summed E-state index contributed by atoms with van der Waals surface area (Å²) in [7, 11) is -0.275. The molecule has 0 aliphatic heterocycles. The molecule has 0 fully saturated rings. The summed E-state index contributed by atoms with van der Waals surface area (Å²) in [5.74, 6) is 2.84. The summed E-state index contributed by atoms with van der Waals surface area (Å²) in [5.41, 5.74) is 4.47. The largest absolute Gasteiger partial charge is 0.547 e. The van der Waals surface area contributed by atoms with Crippen molar-refractivity contribution < 1.29 is 14.0 Å². The molecule has 4 heteroatoms. The Morgan fingerprint density at radius 2 is 1.87 bits per heavy atom. The minimum atomic E-state index is -1.95. The van der Waals surface area contributed by atoms with E-state index >= 15 is 0 Å². The first-order valence-corrected chi connectivity index (χ1v) is 14.5. The molecule has 0 amide bonds. The minimum Gasteiger partial charge on any atom is -0.547 e. The highest BCUT2D eigenvalue weighted by Gasteiger charge is 2.43. The molecule has 0 bridgehead atoms. The zero-order valence-corrected chi connectivity index (χ0v) is 21.7. The molecule has 0 saturated heterocycles. The third kappa shape index (κ3) is 4.69. The second-order valence-electron chi connectivity index (χ2n) is 11.1. The quantitative estimate of drug-likeness (QED) is 0.355. The Bertz CT molecular complexity index is 904. The van der Waals surface area contributed by atoms with Crippen LogP contribution in [-0.4, -0.2) is 21.2 Å². The maximum absolute atomic E-state index is 13.6. The fourth-order valence-corrected chi connectivity index (χ4v) is 5.92. The number of rotatable bonds is 5. The Kier molecular flexibility index (Phi) is 6.62. The maximum Gasteiger partial charge on any atom is 0.250 e. The van der Waals surface area contributed by atoms with Crippen LogP contribution in [0.15, 0.2) is 41.7 Å². The SMILES string of the molecule is C=C(C)[C@H]1CC(O[Si](C)(C)C(C)(C)C)=C(C)[C@@H]([C@@H]2CCc3cc(OC)ccc3C2=O)C1. The van der Waals surface area contributed by atoms with Crippen LogP contribution in [-0.2, 0) is 10.8 Å². The van der Waals surface area contributed by atoms with E-state index in [9.17, 15) is 4.79 Å². The lowest BCUT2D eigenvalue weighted by Gasteiger charge is -2.43. The number of methoxy groups -OCH3 is 1. The van der Waals surface area contributed by atoms with Gasteiger partial charge in [0.1, 0.15) is 5.75 Å². The van der Waals surface area contributed by atoms with E-state index in [4.69, 9.17) is 9.16 Å². The van der Waals surface area contributed by atoms with Gasteiger partial charge in [-0.1, -0.05) is 32.9 Å². The van der Waals surface area contributed by atoms with Crippen LogP contribution in [0.4, 0.5) is 0 Å². The van der Waals surface area contributed by atoms with Crippen LogP contribution in [0.1, 0.15) is 69.8 Å². The average Bonchev–Trinajstić information content (AvgIpc) is 2.68. The molecule has 0 saturated carbocycles. The average molecular weight is 441 g/mol. The summed E-state index contributed by atoms with van der Waals surface area (Å²) in [4.78, 5) is 13.6. The molecule has 0 aromatic heterocycles. The second-order valence-corrected chi connectivity index (χ2v) is 15.8. The molecule has 31 heavy (non-hydrogen) atoms. The summed E-state index contributed by atoms with van der Waals surface area (Å²) < 4.78 is 12.2. The first-order valence-electron chi connectivity index (χ1n) is 11.6. The number of Topliss-reactive ketones (excluding diaryl/α,β-unsaturated/α-hetero) is 1. The Hall–Kier alpha value is -1.81. The fraction of sp³-hybridized carbons (Fsp3) is 0.593. The van der Waals surface area contributed by atoms with Gasteiger partial charge in [-0.3, -0.25) is 4.79 Å². The zero-order chi connectivity index (χ0) is 23.1. The van der Waals surface area contributed by atoms with Crippen LogP contribution in [0.3, 0.4) is 0 Å². The van der Waals surface area contributed by atoms with Gasteiger partial charge in [0.25, 0.3) is 0 Å². The molecule has 0 spiro atoms. The highest BCUT2D eigenvalue weighted by molar-refractivity contribution is 6.74. The number of fused-ring (bicyclic) bond motifs is 1. The van der Waals surface area contributed by atoms with Gasteiger partial charge in [0, 0.05) is 17.9 Å². The molecule has 0 radical (unpaired) electrons. The highest BCUT2D eigenvalue weighted by atomic mass is 28.4. The van der Waals surface area contributed by atoms with Crippen LogP contribution in [0, 0.1) is 17.8 Å². The van der Waals surface area contributed by atoms with E-state index in [1.807, 2.05) is 18.2 Å². The number of carbonyl (C=O) groups is 1. The molecular weight excluding hydrogens is 400 g/mol. The number of ketones is 1. The number of carbonyl (C=O) groups excluding carboxylic acids is 1. The Morgan fingerprint density at radius 3 is 2.45 bits per heavy atom. The molecular formula is C27H40O3Si. The second kappa shape index (κ2) is 8.61. The molecule has 1 aromatic rings. The summed E-state index contributed by atoms with van der Waals surface area (Å²) in [5, 5.41) is 0.143. The molecule has 2 aliphatic carbocycles. The summed E-state index contributed by atoms with van der Waals surface area (Å²) in [6.07, 6.45) is 3.71. The molecule has 3 atom stereocenters. The Labute approximate surface area is 190 Å². The van der Waals surface area contributed by atoms with Crippen molar-refractivity contribution in [3.8, 4) is 5.75 Å². The van der Waals surface area contributed by atoms with Crippen LogP contribution >= 0.6 is 0 Å². The maximum atomic E-state index is 13.6. The smallest absolute Gasteiger partial charge is 0.250 e. The van der Waals surface area contributed by atoms with Crippen molar-refractivity contribution in [1.82, 2.24) is 0 Å². The van der Waals surface area contributed by atoms with Gasteiger partial charge in [-0.25, -0.2) is 0 Å². The summed E-state index contributed by atoms with van der Waals surface area (Å²) >= 11 is 0. The van der Waals surface area contributed by atoms with E-state index in [0.717, 1.165) is 48.3 Å². The first-order chi connectivity index (χ1) is 14.4. The number of hydrogen-bond donors (Lipinski definition) is 0. The normalized spacial score (nSPS) is 24.6. The van der Waals surface area contributed by atoms with E-state index in [0.29, 0.717) is 5.92 Å². The van der Waals surface area contributed by atoms with E-state index in [2.05, 4.69) is 54.3 Å². The minimum absolute atomic E-state index is 0.0149. The van der Waals surface area contributed by atoms with E-state index < -0.39 is 8.32 Å². The van der Waals surface area contributed by atoms with Gasteiger partial charge < -0.3 is 9.16 Å². The van der Waals surface area contributed by atoms with Crippen LogP contribution in [0.25, 0.3) is 0 Å². The standard InChI is InChI=1S/C27H40O3Si/c1-17(2)20-15-24(18(3)25(16-20)30-31(8,9)27(4,5)6)23-12-10-19-14-21(29-7)11-13-22(19)26(23)28/h11,13-14,20,23-24H,1,10,12,15-16H2,2-9H3/t20-,23+,24+/m1/s1.